The normalized spacial score (nSPS) is 20.0. The summed E-state index contributed by atoms with van der Waals surface area (Å²) in [4.78, 5) is 38.9. The lowest BCUT2D eigenvalue weighted by atomic mass is 9.71. The molecule has 0 radical (unpaired) electrons. The minimum atomic E-state index is -1.04. The summed E-state index contributed by atoms with van der Waals surface area (Å²) in [5, 5.41) is 8.78. The van der Waals surface area contributed by atoms with Crippen molar-refractivity contribution in [2.75, 3.05) is 13.2 Å². The second kappa shape index (κ2) is 7.85. The van der Waals surface area contributed by atoms with Crippen LogP contribution in [0.15, 0.2) is 46.8 Å². The lowest BCUT2D eigenvalue weighted by Crippen LogP contribution is -2.39. The molecule has 0 bridgehead atoms. The molecule has 1 aromatic carbocycles. The van der Waals surface area contributed by atoms with Crippen molar-refractivity contribution in [3.05, 3.63) is 52.4 Å². The quantitative estimate of drug-likeness (QED) is 0.820. The van der Waals surface area contributed by atoms with E-state index in [1.807, 2.05) is 12.1 Å². The van der Waals surface area contributed by atoms with Crippen molar-refractivity contribution in [3.8, 4) is 5.75 Å². The minimum absolute atomic E-state index is 0.130. The summed E-state index contributed by atoms with van der Waals surface area (Å²) < 4.78 is 5.23. The molecule has 3 aliphatic rings. The van der Waals surface area contributed by atoms with Crippen molar-refractivity contribution in [2.24, 2.45) is 0 Å². The molecular weight excluding hydrogens is 370 g/mol. The van der Waals surface area contributed by atoms with Crippen molar-refractivity contribution in [1.29, 1.82) is 0 Å². The number of carbonyl (C=O) groups excluding carboxylic acids is 2. The Morgan fingerprint density at radius 2 is 1.55 bits per heavy atom. The molecule has 0 unspecified atom stereocenters. The number of carboxylic acids is 1. The molecule has 152 valence electrons. The summed E-state index contributed by atoms with van der Waals surface area (Å²) in [6.45, 7) is 2.42. The fourth-order valence-corrected chi connectivity index (χ4v) is 4.83. The number of rotatable bonds is 5. The van der Waals surface area contributed by atoms with Crippen molar-refractivity contribution in [2.45, 2.75) is 51.4 Å². The molecule has 1 aliphatic heterocycles. The highest BCUT2D eigenvalue weighted by molar-refractivity contribution is 6.06. The van der Waals surface area contributed by atoms with E-state index >= 15 is 0 Å². The van der Waals surface area contributed by atoms with Gasteiger partial charge in [-0.15, -0.1) is 0 Å². The number of ketones is 2. The van der Waals surface area contributed by atoms with Gasteiger partial charge in [-0.3, -0.25) is 9.59 Å². The summed E-state index contributed by atoms with van der Waals surface area (Å²) in [5.41, 5.74) is 4.58. The number of hydrogen-bond donors (Lipinski definition) is 1. The molecule has 0 saturated carbocycles. The maximum absolute atomic E-state index is 13.0. The van der Waals surface area contributed by atoms with Crippen LogP contribution in [0, 0.1) is 0 Å². The lowest BCUT2D eigenvalue weighted by molar-refractivity contribution is -0.139. The second-order valence-corrected chi connectivity index (χ2v) is 7.70. The molecule has 29 heavy (non-hydrogen) atoms. The monoisotopic (exact) mass is 395 g/mol. The van der Waals surface area contributed by atoms with Crippen LogP contribution in [0.2, 0.25) is 0 Å². The van der Waals surface area contributed by atoms with Gasteiger partial charge in [-0.2, -0.15) is 0 Å². The number of benzene rings is 1. The molecule has 1 aromatic rings. The Morgan fingerprint density at radius 3 is 2.03 bits per heavy atom. The van der Waals surface area contributed by atoms with Crippen molar-refractivity contribution in [1.82, 2.24) is 4.90 Å². The average molecular weight is 395 g/mol. The first kappa shape index (κ1) is 19.4. The van der Waals surface area contributed by atoms with E-state index in [2.05, 4.69) is 11.8 Å². The highest BCUT2D eigenvalue weighted by Gasteiger charge is 2.42. The number of Topliss-reactive ketones (excluding diaryl/α,β-unsaturated/α-hetero) is 2. The first-order valence-electron chi connectivity index (χ1n) is 10.3. The summed E-state index contributed by atoms with van der Waals surface area (Å²) in [5.74, 6) is -0.657. The van der Waals surface area contributed by atoms with Crippen molar-refractivity contribution >= 4 is 17.5 Å². The number of nitrogens with zero attached hydrogens (tertiary/aromatic N) is 1. The first-order chi connectivity index (χ1) is 14.0. The van der Waals surface area contributed by atoms with E-state index < -0.39 is 12.6 Å². The smallest absolute Gasteiger partial charge is 0.341 e. The number of carboxylic acid groups (broad SMARTS) is 1. The van der Waals surface area contributed by atoms with Gasteiger partial charge in [0.05, 0.1) is 0 Å². The predicted molar refractivity (Wildman–Crippen MR) is 106 cm³/mol. The standard InChI is InChI=1S/C23H25NO5/c1-2-24-16-5-3-7-18(25)22(16)21(23-17(24)6-4-8-19(23)26)14-9-11-15(12-10-14)29-13-20(27)28/h9-12,21H,2-8,13H2,1H3,(H,27,28). The maximum atomic E-state index is 13.0. The zero-order chi connectivity index (χ0) is 20.5. The molecule has 4 rings (SSSR count). The Balaban J connectivity index is 1.80. The molecule has 0 saturated heterocycles. The van der Waals surface area contributed by atoms with Gasteiger partial charge >= 0.3 is 5.97 Å². The maximum Gasteiger partial charge on any atom is 0.341 e. The van der Waals surface area contributed by atoms with Crippen LogP contribution >= 0.6 is 0 Å². The second-order valence-electron chi connectivity index (χ2n) is 7.70. The third-order valence-electron chi connectivity index (χ3n) is 5.98. The third-order valence-corrected chi connectivity index (χ3v) is 5.98. The SMILES string of the molecule is CCN1C2=C(C(=O)CCC2)C(c2ccc(OCC(=O)O)cc2)C2=C1CCCC2=O. The Bertz CT molecular complexity index is 881. The van der Waals surface area contributed by atoms with Crippen molar-refractivity contribution < 1.29 is 24.2 Å². The number of ether oxygens (including phenoxy) is 1. The summed E-state index contributed by atoms with van der Waals surface area (Å²) in [6, 6.07) is 7.13. The van der Waals surface area contributed by atoms with E-state index in [0.717, 1.165) is 60.3 Å². The summed E-state index contributed by atoms with van der Waals surface area (Å²) in [6.07, 6.45) is 4.44. The lowest BCUT2D eigenvalue weighted by Gasteiger charge is -2.43. The molecule has 0 fully saturated rings. The Hall–Kier alpha value is -2.89. The van der Waals surface area contributed by atoms with Crippen LogP contribution < -0.4 is 4.74 Å². The van der Waals surface area contributed by atoms with Crippen LogP contribution in [-0.4, -0.2) is 40.7 Å². The average Bonchev–Trinajstić information content (AvgIpc) is 2.71. The van der Waals surface area contributed by atoms with Crippen LogP contribution in [0.25, 0.3) is 0 Å². The molecule has 1 N–H and O–H groups in total. The van der Waals surface area contributed by atoms with Gasteiger partial charge in [0.15, 0.2) is 18.2 Å². The molecule has 0 spiro atoms. The molecule has 6 nitrogen and oxygen atoms in total. The molecule has 0 atom stereocenters. The van der Waals surface area contributed by atoms with Gasteiger partial charge in [-0.1, -0.05) is 12.1 Å². The number of aliphatic carboxylic acids is 1. The van der Waals surface area contributed by atoms with Crippen LogP contribution in [-0.2, 0) is 14.4 Å². The van der Waals surface area contributed by atoms with Crippen LogP contribution in [0.4, 0.5) is 0 Å². The fourth-order valence-electron chi connectivity index (χ4n) is 4.83. The first-order valence-corrected chi connectivity index (χ1v) is 10.3. The highest BCUT2D eigenvalue weighted by atomic mass is 16.5. The Labute approximate surface area is 169 Å². The van der Waals surface area contributed by atoms with E-state index in [1.165, 1.54) is 0 Å². The fraction of sp³-hybridized carbons (Fsp3) is 0.435. The van der Waals surface area contributed by atoms with E-state index in [4.69, 9.17) is 9.84 Å². The van der Waals surface area contributed by atoms with E-state index in [1.54, 1.807) is 12.1 Å². The molecule has 2 aliphatic carbocycles. The number of carbonyl (C=O) groups is 3. The Morgan fingerprint density at radius 1 is 1.00 bits per heavy atom. The highest BCUT2D eigenvalue weighted by Crippen LogP contribution is 2.49. The van der Waals surface area contributed by atoms with Gasteiger partial charge in [0.1, 0.15) is 5.75 Å². The van der Waals surface area contributed by atoms with Gasteiger partial charge in [0.25, 0.3) is 0 Å². The van der Waals surface area contributed by atoms with Gasteiger partial charge in [0, 0.05) is 47.8 Å². The van der Waals surface area contributed by atoms with Crippen molar-refractivity contribution in [3.63, 3.8) is 0 Å². The topological polar surface area (TPSA) is 83.9 Å². The van der Waals surface area contributed by atoms with E-state index in [-0.39, 0.29) is 17.5 Å². The van der Waals surface area contributed by atoms with Crippen LogP contribution in [0.3, 0.4) is 0 Å². The predicted octanol–water partition coefficient (Wildman–Crippen LogP) is 3.58. The van der Waals surface area contributed by atoms with Gasteiger partial charge in [-0.05, 0) is 50.3 Å². The van der Waals surface area contributed by atoms with Gasteiger partial charge < -0.3 is 14.7 Å². The number of hydrogen-bond acceptors (Lipinski definition) is 5. The molecular formula is C23H25NO5. The minimum Gasteiger partial charge on any atom is -0.482 e. The molecule has 1 heterocycles. The molecule has 0 amide bonds. The van der Waals surface area contributed by atoms with E-state index in [9.17, 15) is 14.4 Å². The van der Waals surface area contributed by atoms with E-state index in [0.29, 0.717) is 18.6 Å². The Kier molecular flexibility index (Phi) is 5.26. The largest absolute Gasteiger partial charge is 0.482 e. The van der Waals surface area contributed by atoms with Gasteiger partial charge in [0.2, 0.25) is 0 Å². The van der Waals surface area contributed by atoms with Crippen LogP contribution in [0.1, 0.15) is 56.9 Å². The number of allylic oxidation sites excluding steroid dienone is 4. The van der Waals surface area contributed by atoms with Crippen LogP contribution in [0.5, 0.6) is 5.75 Å². The van der Waals surface area contributed by atoms with Gasteiger partial charge in [-0.25, -0.2) is 4.79 Å². The molecule has 6 heteroatoms. The zero-order valence-corrected chi connectivity index (χ0v) is 16.6. The summed E-state index contributed by atoms with van der Waals surface area (Å²) >= 11 is 0. The third kappa shape index (κ3) is 3.48. The molecule has 0 aromatic heterocycles. The zero-order valence-electron chi connectivity index (χ0n) is 16.6. The summed E-state index contributed by atoms with van der Waals surface area (Å²) in [7, 11) is 0.